The lowest BCUT2D eigenvalue weighted by atomic mass is 10.3. The Balaban J connectivity index is 2.27. The molecule has 0 amide bonds. The molecule has 2 aromatic rings. The third-order valence-electron chi connectivity index (χ3n) is 2.22. The number of nitrogens with zero attached hydrogens (tertiary/aromatic N) is 3. The van der Waals surface area contributed by atoms with Crippen LogP contribution in [0.3, 0.4) is 0 Å². The summed E-state index contributed by atoms with van der Waals surface area (Å²) in [4.78, 5) is 11.6. The average molecular weight is 317 g/mol. The number of rotatable bonds is 5. The molecule has 1 aromatic heterocycles. The number of benzene rings is 1. The summed E-state index contributed by atoms with van der Waals surface area (Å²) in [7, 11) is 0. The van der Waals surface area contributed by atoms with Crippen LogP contribution in [-0.4, -0.2) is 21.6 Å². The van der Waals surface area contributed by atoms with E-state index in [0.717, 1.165) is 6.42 Å². The third kappa shape index (κ3) is 3.68. The summed E-state index contributed by atoms with van der Waals surface area (Å²) in [5, 5.41) is 2.82. The highest BCUT2D eigenvalue weighted by atomic mass is 35.5. The van der Waals surface area contributed by atoms with E-state index in [1.54, 1.807) is 6.07 Å². The maximum absolute atomic E-state index is 13.7. The van der Waals surface area contributed by atoms with Crippen molar-refractivity contribution in [1.29, 1.82) is 0 Å². The molecule has 0 unspecified atom stereocenters. The maximum atomic E-state index is 13.7. The van der Waals surface area contributed by atoms with Crippen molar-refractivity contribution in [2.45, 2.75) is 13.3 Å². The van der Waals surface area contributed by atoms with Crippen molar-refractivity contribution in [2.24, 2.45) is 0 Å². The van der Waals surface area contributed by atoms with E-state index in [4.69, 9.17) is 27.9 Å². The van der Waals surface area contributed by atoms with Gasteiger partial charge >= 0.3 is 6.01 Å². The number of anilines is 2. The van der Waals surface area contributed by atoms with E-state index in [9.17, 15) is 4.39 Å². The third-order valence-corrected chi connectivity index (χ3v) is 2.71. The molecule has 1 aromatic carbocycles. The summed E-state index contributed by atoms with van der Waals surface area (Å²) >= 11 is 11.7. The van der Waals surface area contributed by atoms with Crippen LogP contribution in [-0.2, 0) is 0 Å². The number of nitrogens with one attached hydrogen (secondary N) is 1. The smallest absolute Gasteiger partial charge is 0.322 e. The summed E-state index contributed by atoms with van der Waals surface area (Å²) in [6.45, 7) is 2.39. The molecule has 5 nitrogen and oxygen atoms in total. The van der Waals surface area contributed by atoms with Crippen LogP contribution in [0.4, 0.5) is 16.0 Å². The molecule has 106 valence electrons. The number of aromatic nitrogens is 3. The van der Waals surface area contributed by atoms with E-state index >= 15 is 0 Å². The van der Waals surface area contributed by atoms with Crippen molar-refractivity contribution in [3.05, 3.63) is 34.3 Å². The molecular weight excluding hydrogens is 306 g/mol. The Kier molecular flexibility index (Phi) is 4.92. The molecule has 0 radical (unpaired) electrons. The van der Waals surface area contributed by atoms with Crippen molar-refractivity contribution in [2.75, 3.05) is 11.9 Å². The molecule has 20 heavy (non-hydrogen) atoms. The van der Waals surface area contributed by atoms with Crippen molar-refractivity contribution in [1.82, 2.24) is 15.0 Å². The van der Waals surface area contributed by atoms with Crippen molar-refractivity contribution in [3.8, 4) is 6.01 Å². The van der Waals surface area contributed by atoms with Crippen LogP contribution in [0.2, 0.25) is 10.3 Å². The number of ether oxygens (including phenoxy) is 1. The zero-order chi connectivity index (χ0) is 14.5. The van der Waals surface area contributed by atoms with Gasteiger partial charge in [0, 0.05) is 0 Å². The zero-order valence-electron chi connectivity index (χ0n) is 10.5. The normalized spacial score (nSPS) is 10.4. The van der Waals surface area contributed by atoms with Gasteiger partial charge in [-0.15, -0.1) is 0 Å². The molecule has 1 heterocycles. The molecule has 0 fully saturated rings. The molecule has 0 saturated carbocycles. The highest BCUT2D eigenvalue weighted by Crippen LogP contribution is 2.27. The monoisotopic (exact) mass is 316 g/mol. The molecule has 0 aliphatic heterocycles. The SMILES string of the molecule is CCCOc1nc(Cl)nc(Nc2c(F)cccc2Cl)n1. The predicted molar refractivity (Wildman–Crippen MR) is 75.3 cm³/mol. The van der Waals surface area contributed by atoms with E-state index < -0.39 is 5.82 Å². The Morgan fingerprint density at radius 1 is 1.25 bits per heavy atom. The lowest BCUT2D eigenvalue weighted by molar-refractivity contribution is 0.292. The summed E-state index contributed by atoms with van der Waals surface area (Å²) < 4.78 is 18.9. The quantitative estimate of drug-likeness (QED) is 0.907. The molecule has 0 spiro atoms. The van der Waals surface area contributed by atoms with E-state index in [1.807, 2.05) is 6.92 Å². The van der Waals surface area contributed by atoms with Gasteiger partial charge in [-0.25, -0.2) is 4.39 Å². The average Bonchev–Trinajstić information content (AvgIpc) is 2.40. The number of hydrogen-bond donors (Lipinski definition) is 1. The fraction of sp³-hybridized carbons (Fsp3) is 0.250. The highest BCUT2D eigenvalue weighted by Gasteiger charge is 2.11. The van der Waals surface area contributed by atoms with Gasteiger partial charge in [0.25, 0.3) is 0 Å². The van der Waals surface area contributed by atoms with Gasteiger partial charge in [0.1, 0.15) is 5.82 Å². The molecule has 2 rings (SSSR count). The summed E-state index contributed by atoms with van der Waals surface area (Å²) in [6, 6.07) is 4.39. The van der Waals surface area contributed by atoms with Crippen LogP contribution in [0.1, 0.15) is 13.3 Å². The van der Waals surface area contributed by atoms with E-state index in [-0.39, 0.29) is 28.0 Å². The highest BCUT2D eigenvalue weighted by molar-refractivity contribution is 6.33. The Labute approximate surface area is 125 Å². The van der Waals surface area contributed by atoms with E-state index in [2.05, 4.69) is 20.3 Å². The number of halogens is 3. The zero-order valence-corrected chi connectivity index (χ0v) is 12.0. The molecular formula is C12H11Cl2FN4O. The first-order valence-corrected chi connectivity index (χ1v) is 6.61. The molecule has 1 N–H and O–H groups in total. The van der Waals surface area contributed by atoms with Gasteiger partial charge in [0.15, 0.2) is 0 Å². The molecule has 8 heteroatoms. The first kappa shape index (κ1) is 14.7. The maximum Gasteiger partial charge on any atom is 0.322 e. The van der Waals surface area contributed by atoms with Gasteiger partial charge in [-0.1, -0.05) is 24.6 Å². The summed E-state index contributed by atoms with van der Waals surface area (Å²) in [5.74, 6) is -0.465. The van der Waals surface area contributed by atoms with Gasteiger partial charge < -0.3 is 10.1 Å². The number of hydrogen-bond acceptors (Lipinski definition) is 5. The first-order chi connectivity index (χ1) is 9.60. The van der Waals surface area contributed by atoms with Gasteiger partial charge in [-0.2, -0.15) is 15.0 Å². The summed E-state index contributed by atoms with van der Waals surface area (Å²) in [6.07, 6.45) is 0.797. The van der Waals surface area contributed by atoms with Crippen LogP contribution in [0.5, 0.6) is 6.01 Å². The largest absolute Gasteiger partial charge is 0.463 e. The first-order valence-electron chi connectivity index (χ1n) is 5.85. The lowest BCUT2D eigenvalue weighted by Gasteiger charge is -2.09. The fourth-order valence-corrected chi connectivity index (χ4v) is 1.74. The second-order valence-electron chi connectivity index (χ2n) is 3.78. The number of para-hydroxylation sites is 1. The minimum atomic E-state index is -0.523. The van der Waals surface area contributed by atoms with Crippen LogP contribution in [0.25, 0.3) is 0 Å². The van der Waals surface area contributed by atoms with E-state index in [1.165, 1.54) is 12.1 Å². The second-order valence-corrected chi connectivity index (χ2v) is 4.53. The molecule has 0 atom stereocenters. The Morgan fingerprint density at radius 3 is 2.75 bits per heavy atom. The Hall–Kier alpha value is -1.66. The molecule has 0 bridgehead atoms. The topological polar surface area (TPSA) is 59.9 Å². The van der Waals surface area contributed by atoms with Gasteiger partial charge in [-0.05, 0) is 30.2 Å². The van der Waals surface area contributed by atoms with Crippen LogP contribution >= 0.6 is 23.2 Å². The van der Waals surface area contributed by atoms with Crippen LogP contribution < -0.4 is 10.1 Å². The second kappa shape index (κ2) is 6.67. The molecule has 0 aliphatic rings. The van der Waals surface area contributed by atoms with Gasteiger partial charge in [-0.3, -0.25) is 0 Å². The Bertz CT molecular complexity index is 592. The fourth-order valence-electron chi connectivity index (χ4n) is 1.37. The van der Waals surface area contributed by atoms with Gasteiger partial charge in [0.2, 0.25) is 11.2 Å². The lowest BCUT2D eigenvalue weighted by Crippen LogP contribution is -2.05. The standard InChI is InChI=1S/C12H11Cl2FN4O/c1-2-6-20-12-18-10(14)17-11(19-12)16-9-7(13)4-3-5-8(9)15/h3-5H,2,6H2,1H3,(H,16,17,18,19). The van der Waals surface area contributed by atoms with E-state index in [0.29, 0.717) is 6.61 Å². The van der Waals surface area contributed by atoms with Gasteiger partial charge in [0.05, 0.1) is 17.3 Å². The van der Waals surface area contributed by atoms with Crippen molar-refractivity contribution < 1.29 is 9.13 Å². The van der Waals surface area contributed by atoms with Crippen molar-refractivity contribution in [3.63, 3.8) is 0 Å². The predicted octanol–water partition coefficient (Wildman–Crippen LogP) is 3.85. The van der Waals surface area contributed by atoms with Crippen LogP contribution in [0, 0.1) is 5.82 Å². The molecule has 0 aliphatic carbocycles. The van der Waals surface area contributed by atoms with Crippen LogP contribution in [0.15, 0.2) is 18.2 Å². The van der Waals surface area contributed by atoms with Crippen molar-refractivity contribution >= 4 is 34.8 Å². The minimum absolute atomic E-state index is 0.0546. The Morgan fingerprint density at radius 2 is 2.05 bits per heavy atom. The molecule has 0 saturated heterocycles. The summed E-state index contributed by atoms with van der Waals surface area (Å²) in [5.41, 5.74) is 0.0675. The minimum Gasteiger partial charge on any atom is -0.463 e.